The summed E-state index contributed by atoms with van der Waals surface area (Å²) in [4.78, 5) is 24.2. The largest absolute Gasteiger partial charge is 0.497 e. The Morgan fingerprint density at radius 1 is 1.24 bits per heavy atom. The van der Waals surface area contributed by atoms with Crippen molar-refractivity contribution in [3.05, 3.63) is 42.5 Å². The molecule has 0 aliphatic carbocycles. The molecule has 0 saturated carbocycles. The summed E-state index contributed by atoms with van der Waals surface area (Å²) in [5.74, 6) is 0.383. The fourth-order valence-electron chi connectivity index (χ4n) is 2.37. The van der Waals surface area contributed by atoms with Crippen LogP contribution in [0.3, 0.4) is 0 Å². The molecular weight excluding hydrogens is 316 g/mol. The second-order valence-electron chi connectivity index (χ2n) is 6.67. The van der Waals surface area contributed by atoms with Crippen molar-refractivity contribution in [2.75, 3.05) is 7.11 Å². The number of benzene rings is 1. The average Bonchev–Trinajstić information content (AvgIpc) is 2.53. The minimum atomic E-state index is -0.571. The van der Waals surface area contributed by atoms with Gasteiger partial charge in [0.2, 0.25) is 0 Å². The first-order chi connectivity index (χ1) is 11.3. The van der Waals surface area contributed by atoms with Crippen LogP contribution in [-0.2, 0) is 9.53 Å². The van der Waals surface area contributed by atoms with E-state index < -0.39 is 11.6 Å². The second kappa shape index (κ2) is 10.7. The summed E-state index contributed by atoms with van der Waals surface area (Å²) in [6, 6.07) is 6.69. The van der Waals surface area contributed by atoms with Gasteiger partial charge in [-0.1, -0.05) is 20.4 Å². The monoisotopic (exact) mass is 348 g/mol. The van der Waals surface area contributed by atoms with E-state index in [1.54, 1.807) is 31.4 Å². The highest BCUT2D eigenvalue weighted by molar-refractivity contribution is 6.06. The highest BCUT2D eigenvalue weighted by Crippen LogP contribution is 2.21. The Labute approximate surface area is 152 Å². The van der Waals surface area contributed by atoms with Crippen molar-refractivity contribution < 1.29 is 19.1 Å². The normalized spacial score (nSPS) is 11.8. The van der Waals surface area contributed by atoms with Gasteiger partial charge >= 0.3 is 5.97 Å². The molecule has 0 fully saturated rings. The Kier molecular flexibility index (Phi) is 9.80. The Bertz CT molecular complexity index is 558. The Morgan fingerprint density at radius 2 is 1.84 bits per heavy atom. The Balaban J connectivity index is 0.00000576. The molecule has 0 aliphatic rings. The van der Waals surface area contributed by atoms with Crippen molar-refractivity contribution in [1.29, 1.82) is 0 Å². The number of carbonyl (C=O) groups is 2. The smallest absolute Gasteiger partial charge is 0.314 e. The van der Waals surface area contributed by atoms with Crippen molar-refractivity contribution in [2.24, 2.45) is 5.92 Å². The topological polar surface area (TPSA) is 52.6 Å². The summed E-state index contributed by atoms with van der Waals surface area (Å²) in [5.41, 5.74) is -0.0941. The third kappa shape index (κ3) is 8.52. The number of esters is 1. The van der Waals surface area contributed by atoms with Crippen LogP contribution in [-0.4, -0.2) is 24.5 Å². The molecule has 0 aliphatic heterocycles. The van der Waals surface area contributed by atoms with Gasteiger partial charge in [0, 0.05) is 5.56 Å². The number of Topliss-reactive ketones (excluding diaryl/α,β-unsaturated/α-hetero) is 1. The van der Waals surface area contributed by atoms with Gasteiger partial charge in [-0.25, -0.2) is 0 Å². The van der Waals surface area contributed by atoms with Gasteiger partial charge in [-0.2, -0.15) is 0 Å². The Morgan fingerprint density at radius 3 is 2.36 bits per heavy atom. The zero-order valence-electron chi connectivity index (χ0n) is 15.1. The fourth-order valence-corrected chi connectivity index (χ4v) is 2.37. The Hall–Kier alpha value is -2.10. The van der Waals surface area contributed by atoms with Crippen molar-refractivity contribution in [3.63, 3.8) is 0 Å². The van der Waals surface area contributed by atoms with E-state index in [4.69, 9.17) is 9.47 Å². The van der Waals surface area contributed by atoms with Gasteiger partial charge < -0.3 is 9.47 Å². The van der Waals surface area contributed by atoms with E-state index in [9.17, 15) is 9.59 Å². The molecule has 0 heterocycles. The predicted octanol–water partition coefficient (Wildman–Crippen LogP) is 5.22. The minimum Gasteiger partial charge on any atom is -0.497 e. The van der Waals surface area contributed by atoms with Crippen molar-refractivity contribution >= 4 is 11.8 Å². The summed E-state index contributed by atoms with van der Waals surface area (Å²) < 4.78 is 10.5. The summed E-state index contributed by atoms with van der Waals surface area (Å²) >= 11 is 0. The highest BCUT2D eigenvalue weighted by Gasteiger charge is 2.24. The third-order valence-electron chi connectivity index (χ3n) is 3.95. The van der Waals surface area contributed by atoms with E-state index in [1.807, 2.05) is 19.9 Å². The number of methoxy groups -OCH3 is 1. The number of hydrogen-bond donors (Lipinski definition) is 0. The van der Waals surface area contributed by atoms with E-state index in [-0.39, 0.29) is 19.6 Å². The van der Waals surface area contributed by atoms with Crippen LogP contribution in [0.15, 0.2) is 36.9 Å². The van der Waals surface area contributed by atoms with Crippen molar-refractivity contribution in [2.45, 2.75) is 59.5 Å². The van der Waals surface area contributed by atoms with Gasteiger partial charge in [0.25, 0.3) is 0 Å². The summed E-state index contributed by atoms with van der Waals surface area (Å²) in [7, 11) is 1.56. The molecule has 4 nitrogen and oxygen atoms in total. The predicted molar refractivity (Wildman–Crippen MR) is 102 cm³/mol. The number of ether oxygens (including phenoxy) is 2. The number of ketones is 1. The lowest BCUT2D eigenvalue weighted by Crippen LogP contribution is -2.29. The average molecular weight is 348 g/mol. The molecule has 0 spiro atoms. The minimum absolute atomic E-state index is 0. The SMILES string of the molecule is C.C=CC(C)CCCC(C)(C)OC(=O)CC(=O)c1ccc(OC)cc1. The van der Waals surface area contributed by atoms with Crippen molar-refractivity contribution in [1.82, 2.24) is 0 Å². The molecule has 0 saturated heterocycles. The first-order valence-corrected chi connectivity index (χ1v) is 8.29. The third-order valence-corrected chi connectivity index (χ3v) is 3.95. The lowest BCUT2D eigenvalue weighted by molar-refractivity contribution is -0.155. The quantitative estimate of drug-likeness (QED) is 0.252. The molecular formula is C21H32O4. The number of allylic oxidation sites excluding steroid dienone is 1. The van der Waals surface area contributed by atoms with E-state index in [0.717, 1.165) is 19.3 Å². The lowest BCUT2D eigenvalue weighted by Gasteiger charge is -2.25. The standard InChI is InChI=1S/C20H28O4.CH4/c1-6-15(2)8-7-13-20(3,4)24-19(22)14-18(21)16-9-11-17(23-5)12-10-16;/h6,9-12,15H,1,7-8,13-14H2,2-5H3;1H4. The molecule has 4 heteroatoms. The van der Waals surface area contributed by atoms with E-state index in [0.29, 0.717) is 17.2 Å². The molecule has 0 amide bonds. The number of rotatable bonds is 10. The molecule has 0 aromatic heterocycles. The van der Waals surface area contributed by atoms with E-state index >= 15 is 0 Å². The van der Waals surface area contributed by atoms with Crippen LogP contribution in [0.2, 0.25) is 0 Å². The summed E-state index contributed by atoms with van der Waals surface area (Å²) in [6.07, 6.45) is 4.38. The van der Waals surface area contributed by atoms with Crippen LogP contribution in [0.1, 0.15) is 64.2 Å². The highest BCUT2D eigenvalue weighted by atomic mass is 16.6. The molecule has 1 rings (SSSR count). The van der Waals surface area contributed by atoms with Crippen LogP contribution in [0.25, 0.3) is 0 Å². The maximum absolute atomic E-state index is 12.1. The molecule has 1 aromatic rings. The molecule has 1 aromatic carbocycles. The zero-order chi connectivity index (χ0) is 18.2. The van der Waals surface area contributed by atoms with Gasteiger partial charge in [0.05, 0.1) is 7.11 Å². The summed E-state index contributed by atoms with van der Waals surface area (Å²) in [5, 5.41) is 0. The molecule has 0 radical (unpaired) electrons. The van der Waals surface area contributed by atoms with E-state index in [1.165, 1.54) is 0 Å². The lowest BCUT2D eigenvalue weighted by atomic mass is 9.96. The first-order valence-electron chi connectivity index (χ1n) is 8.29. The molecule has 0 bridgehead atoms. The van der Waals surface area contributed by atoms with Crippen LogP contribution in [0.5, 0.6) is 5.75 Å². The van der Waals surface area contributed by atoms with Crippen LogP contribution < -0.4 is 4.74 Å². The van der Waals surface area contributed by atoms with Gasteiger partial charge in [-0.05, 0) is 63.3 Å². The van der Waals surface area contributed by atoms with Crippen LogP contribution >= 0.6 is 0 Å². The maximum Gasteiger partial charge on any atom is 0.314 e. The van der Waals surface area contributed by atoms with Crippen LogP contribution in [0.4, 0.5) is 0 Å². The fraction of sp³-hybridized carbons (Fsp3) is 0.524. The van der Waals surface area contributed by atoms with Gasteiger partial charge in [-0.3, -0.25) is 9.59 Å². The first kappa shape index (κ1) is 22.9. The van der Waals surface area contributed by atoms with Crippen LogP contribution in [0, 0.1) is 5.92 Å². The van der Waals surface area contributed by atoms with Gasteiger partial charge in [-0.15, -0.1) is 6.58 Å². The molecule has 25 heavy (non-hydrogen) atoms. The molecule has 1 atom stereocenters. The maximum atomic E-state index is 12.1. The van der Waals surface area contributed by atoms with Crippen molar-refractivity contribution in [3.8, 4) is 5.75 Å². The molecule has 1 unspecified atom stereocenters. The van der Waals surface area contributed by atoms with E-state index in [2.05, 4.69) is 13.5 Å². The number of carbonyl (C=O) groups excluding carboxylic acids is 2. The van der Waals surface area contributed by atoms with Gasteiger partial charge in [0.15, 0.2) is 5.78 Å². The van der Waals surface area contributed by atoms with Gasteiger partial charge in [0.1, 0.15) is 17.8 Å². The molecule has 0 N–H and O–H groups in total. The molecule has 140 valence electrons. The second-order valence-corrected chi connectivity index (χ2v) is 6.67. The number of hydrogen-bond acceptors (Lipinski definition) is 4. The summed E-state index contributed by atoms with van der Waals surface area (Å²) in [6.45, 7) is 9.63. The zero-order valence-corrected chi connectivity index (χ0v) is 15.1.